The van der Waals surface area contributed by atoms with Crippen LogP contribution in [0.15, 0.2) is 29.1 Å². The fourth-order valence-electron chi connectivity index (χ4n) is 5.31. The number of hydrogen-bond acceptors (Lipinski definition) is 5. The van der Waals surface area contributed by atoms with Gasteiger partial charge in [0.25, 0.3) is 5.56 Å². The van der Waals surface area contributed by atoms with Crippen molar-refractivity contribution in [2.75, 3.05) is 26.9 Å². The molecule has 1 aromatic heterocycles. The summed E-state index contributed by atoms with van der Waals surface area (Å²) in [7, 11) is 1.66. The monoisotopic (exact) mass is 483 g/mol. The van der Waals surface area contributed by atoms with E-state index < -0.39 is 22.7 Å². The minimum Gasteiger partial charge on any atom is -0.379 e. The zero-order chi connectivity index (χ0) is 24.7. The first-order valence-electron chi connectivity index (χ1n) is 11.7. The summed E-state index contributed by atoms with van der Waals surface area (Å²) >= 11 is 0. The van der Waals surface area contributed by atoms with Crippen molar-refractivity contribution in [3.8, 4) is 0 Å². The van der Waals surface area contributed by atoms with E-state index in [2.05, 4.69) is 5.32 Å². The molecule has 2 aliphatic heterocycles. The number of carbonyl (C=O) groups excluding carboxylic acids is 1. The van der Waals surface area contributed by atoms with Crippen LogP contribution in [-0.2, 0) is 33.5 Å². The first-order chi connectivity index (χ1) is 16.0. The molecule has 0 spiro atoms. The highest BCUT2D eigenvalue weighted by atomic mass is 19.4. The molecule has 0 radical (unpaired) electrons. The van der Waals surface area contributed by atoms with Gasteiger partial charge in [-0.1, -0.05) is 26.0 Å². The summed E-state index contributed by atoms with van der Waals surface area (Å²) in [6.07, 6.45) is 0.661. The molecule has 0 bridgehead atoms. The molecule has 3 heterocycles. The number of ether oxygens (including phenoxy) is 2. The second-order valence-corrected chi connectivity index (χ2v) is 9.73. The predicted octanol–water partition coefficient (Wildman–Crippen LogP) is 2.57. The summed E-state index contributed by atoms with van der Waals surface area (Å²) in [6, 6.07) is 1.69. The number of carbonyl (C=O) groups is 1. The molecule has 1 aliphatic carbocycles. The zero-order valence-corrected chi connectivity index (χ0v) is 19.7. The molecule has 0 aromatic carbocycles. The van der Waals surface area contributed by atoms with E-state index in [-0.39, 0.29) is 55.3 Å². The van der Waals surface area contributed by atoms with Crippen molar-refractivity contribution in [1.29, 1.82) is 0 Å². The van der Waals surface area contributed by atoms with E-state index in [9.17, 15) is 22.8 Å². The number of nitrogens with zero attached hydrogens (tertiary/aromatic N) is 2. The van der Waals surface area contributed by atoms with Crippen LogP contribution in [0.2, 0.25) is 0 Å². The zero-order valence-electron chi connectivity index (χ0n) is 19.7. The van der Waals surface area contributed by atoms with Crippen molar-refractivity contribution < 1.29 is 27.4 Å². The maximum Gasteiger partial charge on any atom is 0.416 e. The highest BCUT2D eigenvalue weighted by molar-refractivity contribution is 5.86. The van der Waals surface area contributed by atoms with E-state index in [1.807, 2.05) is 26.0 Å². The molecule has 34 heavy (non-hydrogen) atoms. The molecule has 1 aromatic rings. The third kappa shape index (κ3) is 4.67. The minimum absolute atomic E-state index is 0.0124. The summed E-state index contributed by atoms with van der Waals surface area (Å²) < 4.78 is 52.1. The molecular formula is C24H32F3N3O4. The van der Waals surface area contributed by atoms with Crippen LogP contribution in [0.5, 0.6) is 0 Å². The number of rotatable bonds is 5. The largest absolute Gasteiger partial charge is 0.416 e. The molecule has 4 rings (SSSR count). The van der Waals surface area contributed by atoms with Crippen LogP contribution in [0.1, 0.15) is 37.9 Å². The van der Waals surface area contributed by atoms with E-state index in [0.717, 1.165) is 12.5 Å². The van der Waals surface area contributed by atoms with Gasteiger partial charge in [-0.3, -0.25) is 9.59 Å². The summed E-state index contributed by atoms with van der Waals surface area (Å²) in [5.74, 6) is -0.129. The van der Waals surface area contributed by atoms with Crippen molar-refractivity contribution in [1.82, 2.24) is 14.8 Å². The summed E-state index contributed by atoms with van der Waals surface area (Å²) in [4.78, 5) is 27.6. The van der Waals surface area contributed by atoms with E-state index in [0.29, 0.717) is 25.7 Å². The average Bonchev–Trinajstić information content (AvgIpc) is 3.23. The molecule has 10 heteroatoms. The van der Waals surface area contributed by atoms with Crippen molar-refractivity contribution in [2.24, 2.45) is 11.3 Å². The molecule has 188 valence electrons. The summed E-state index contributed by atoms with van der Waals surface area (Å²) in [6.45, 7) is 5.57. The Hall–Kier alpha value is -2.17. The second-order valence-electron chi connectivity index (χ2n) is 9.73. The maximum atomic E-state index is 13.8. The first kappa shape index (κ1) is 24.9. The second kappa shape index (κ2) is 9.47. The van der Waals surface area contributed by atoms with E-state index in [1.165, 1.54) is 4.57 Å². The Labute approximate surface area is 196 Å². The Morgan fingerprint density at radius 2 is 2.06 bits per heavy atom. The number of hydrogen-bond donors (Lipinski definition) is 1. The lowest BCUT2D eigenvalue weighted by atomic mass is 9.74. The number of nitrogens with one attached hydrogen (secondary N) is 1. The van der Waals surface area contributed by atoms with Crippen LogP contribution in [0.4, 0.5) is 13.2 Å². The molecule has 1 saturated heterocycles. The Morgan fingerprint density at radius 1 is 1.29 bits per heavy atom. The lowest BCUT2D eigenvalue weighted by Gasteiger charge is -2.40. The summed E-state index contributed by atoms with van der Waals surface area (Å²) in [5, 5.41) is 3.60. The Kier molecular flexibility index (Phi) is 6.94. The van der Waals surface area contributed by atoms with Gasteiger partial charge in [0, 0.05) is 50.7 Å². The maximum absolute atomic E-state index is 13.8. The number of methoxy groups -OCH3 is 1. The molecule has 1 amide bonds. The summed E-state index contributed by atoms with van der Waals surface area (Å²) in [5.41, 5.74) is -2.23. The molecule has 7 nitrogen and oxygen atoms in total. The molecule has 4 atom stereocenters. The predicted molar refractivity (Wildman–Crippen MR) is 119 cm³/mol. The number of halogens is 3. The van der Waals surface area contributed by atoms with Gasteiger partial charge in [0.05, 0.1) is 30.2 Å². The lowest BCUT2D eigenvalue weighted by Crippen LogP contribution is -2.53. The smallest absolute Gasteiger partial charge is 0.379 e. The van der Waals surface area contributed by atoms with Crippen LogP contribution >= 0.6 is 0 Å². The van der Waals surface area contributed by atoms with Gasteiger partial charge >= 0.3 is 6.18 Å². The number of aromatic nitrogens is 1. The average molecular weight is 484 g/mol. The molecular weight excluding hydrogens is 451 g/mol. The van der Waals surface area contributed by atoms with Crippen LogP contribution in [-0.4, -0.2) is 60.4 Å². The Bertz CT molecular complexity index is 1010. The number of fused-ring (bicyclic) bond motifs is 1. The normalized spacial score (nSPS) is 29.5. The third-order valence-electron chi connectivity index (χ3n) is 7.42. The number of alkyl halides is 3. The Balaban J connectivity index is 1.52. The Morgan fingerprint density at radius 3 is 2.74 bits per heavy atom. The van der Waals surface area contributed by atoms with Crippen molar-refractivity contribution in [3.63, 3.8) is 0 Å². The third-order valence-corrected chi connectivity index (χ3v) is 7.42. The van der Waals surface area contributed by atoms with Gasteiger partial charge in [0.1, 0.15) is 0 Å². The van der Waals surface area contributed by atoms with Gasteiger partial charge in [-0.2, -0.15) is 13.2 Å². The standard InChI is InChI=1S/C24H32F3N3O4/c1-15(2)23(6-4-17(12-23)28-19-5-9-34-14-20(19)33-3)22(32)29-7-8-30-18(13-29)10-16(11-21(30)31)24(25,26)27/h4,6,10-11,15,17,19-20,28H,5,7-9,12-14H2,1-3H3/t17-,19?,20-,23+/m1/s1. The van der Waals surface area contributed by atoms with Gasteiger partial charge in [-0.25, -0.2) is 0 Å². The lowest BCUT2D eigenvalue weighted by molar-refractivity contribution is -0.143. The van der Waals surface area contributed by atoms with E-state index in [1.54, 1.807) is 12.0 Å². The van der Waals surface area contributed by atoms with Crippen molar-refractivity contribution in [3.05, 3.63) is 45.9 Å². The van der Waals surface area contributed by atoms with Crippen LogP contribution in [0.25, 0.3) is 0 Å². The molecule has 3 aliphatic rings. The van der Waals surface area contributed by atoms with Crippen molar-refractivity contribution in [2.45, 2.75) is 64.1 Å². The minimum atomic E-state index is -4.61. The molecule has 1 unspecified atom stereocenters. The van der Waals surface area contributed by atoms with Gasteiger partial charge < -0.3 is 24.3 Å². The molecule has 1 fully saturated rings. The molecule has 1 N–H and O–H groups in total. The van der Waals surface area contributed by atoms with Gasteiger partial charge in [0.15, 0.2) is 0 Å². The SMILES string of the molecule is CO[C@@H]1COCCC1N[C@@H]1C=C[C@@](C(=O)N2CCn3c(cc(C(F)(F)F)cc3=O)C2)(C(C)C)C1. The van der Waals surface area contributed by atoms with Crippen LogP contribution in [0.3, 0.4) is 0 Å². The van der Waals surface area contributed by atoms with E-state index in [4.69, 9.17) is 9.47 Å². The highest BCUT2D eigenvalue weighted by Crippen LogP contribution is 2.42. The topological polar surface area (TPSA) is 72.8 Å². The fourth-order valence-corrected chi connectivity index (χ4v) is 5.31. The number of pyridine rings is 1. The van der Waals surface area contributed by atoms with Gasteiger partial charge in [-0.15, -0.1) is 0 Å². The molecule has 0 saturated carbocycles. The fraction of sp³-hybridized carbons (Fsp3) is 0.667. The quantitative estimate of drug-likeness (QED) is 0.652. The first-order valence-corrected chi connectivity index (χ1v) is 11.7. The number of amides is 1. The highest BCUT2D eigenvalue weighted by Gasteiger charge is 2.47. The van der Waals surface area contributed by atoms with E-state index >= 15 is 0 Å². The van der Waals surface area contributed by atoms with Gasteiger partial charge in [-0.05, 0) is 24.8 Å². The van der Waals surface area contributed by atoms with Gasteiger partial charge in [0.2, 0.25) is 5.91 Å². The van der Waals surface area contributed by atoms with Crippen LogP contribution in [0, 0.1) is 11.3 Å². The van der Waals surface area contributed by atoms with Crippen molar-refractivity contribution >= 4 is 5.91 Å². The van der Waals surface area contributed by atoms with Crippen LogP contribution < -0.4 is 10.9 Å².